The lowest BCUT2D eigenvalue weighted by molar-refractivity contribution is -0.137. The van der Waals surface area contributed by atoms with Gasteiger partial charge in [0, 0.05) is 18.5 Å². The number of hydrogen-bond donors (Lipinski definition) is 1. The molecule has 1 amide bonds. The summed E-state index contributed by atoms with van der Waals surface area (Å²) in [6, 6.07) is 6.40. The Morgan fingerprint density at radius 1 is 1.13 bits per heavy atom. The van der Waals surface area contributed by atoms with Gasteiger partial charge in [0.2, 0.25) is 12.7 Å². The molecule has 2 aliphatic heterocycles. The van der Waals surface area contributed by atoms with Gasteiger partial charge in [-0.05, 0) is 49.8 Å². The van der Waals surface area contributed by atoms with E-state index in [1.807, 2.05) is 12.1 Å². The SMILES string of the molecule is NC1CCCC(C(=O)N2CCCC2c2ccc3c(c2)OCO3)C1. The van der Waals surface area contributed by atoms with Gasteiger partial charge in [0.25, 0.3) is 0 Å². The summed E-state index contributed by atoms with van der Waals surface area (Å²) in [7, 11) is 0. The molecule has 3 atom stereocenters. The molecule has 2 N–H and O–H groups in total. The van der Waals surface area contributed by atoms with Crippen LogP contribution in [0.15, 0.2) is 18.2 Å². The molecule has 5 nitrogen and oxygen atoms in total. The summed E-state index contributed by atoms with van der Waals surface area (Å²) < 4.78 is 10.9. The molecular weight excluding hydrogens is 292 g/mol. The second-order valence-corrected chi connectivity index (χ2v) is 6.93. The smallest absolute Gasteiger partial charge is 0.231 e. The minimum atomic E-state index is 0.105. The van der Waals surface area contributed by atoms with Crippen molar-refractivity contribution in [2.75, 3.05) is 13.3 Å². The van der Waals surface area contributed by atoms with Crippen LogP contribution in [0.1, 0.15) is 50.1 Å². The zero-order valence-corrected chi connectivity index (χ0v) is 13.4. The highest BCUT2D eigenvalue weighted by Crippen LogP contribution is 2.40. The van der Waals surface area contributed by atoms with Crippen LogP contribution in [0.3, 0.4) is 0 Å². The Hall–Kier alpha value is -1.75. The first-order valence-electron chi connectivity index (χ1n) is 8.68. The highest BCUT2D eigenvalue weighted by Gasteiger charge is 2.36. The first kappa shape index (κ1) is 14.8. The van der Waals surface area contributed by atoms with Gasteiger partial charge in [0.15, 0.2) is 11.5 Å². The van der Waals surface area contributed by atoms with Crippen molar-refractivity contribution in [1.29, 1.82) is 0 Å². The second kappa shape index (κ2) is 6.04. The van der Waals surface area contributed by atoms with E-state index in [9.17, 15) is 4.79 Å². The van der Waals surface area contributed by atoms with Gasteiger partial charge >= 0.3 is 0 Å². The van der Waals surface area contributed by atoms with Crippen LogP contribution in [0.5, 0.6) is 11.5 Å². The van der Waals surface area contributed by atoms with E-state index in [0.29, 0.717) is 5.91 Å². The summed E-state index contributed by atoms with van der Waals surface area (Å²) in [5.41, 5.74) is 7.22. The number of benzene rings is 1. The van der Waals surface area contributed by atoms with Gasteiger partial charge in [-0.15, -0.1) is 0 Å². The van der Waals surface area contributed by atoms with Gasteiger partial charge in [0.1, 0.15) is 0 Å². The quantitative estimate of drug-likeness (QED) is 0.911. The Labute approximate surface area is 136 Å². The predicted molar refractivity (Wildman–Crippen MR) is 86.2 cm³/mol. The highest BCUT2D eigenvalue weighted by molar-refractivity contribution is 5.80. The molecule has 2 heterocycles. The third-order valence-electron chi connectivity index (χ3n) is 5.38. The zero-order valence-electron chi connectivity index (χ0n) is 13.4. The highest BCUT2D eigenvalue weighted by atomic mass is 16.7. The van der Waals surface area contributed by atoms with Crippen LogP contribution in [0, 0.1) is 5.92 Å². The van der Waals surface area contributed by atoms with Crippen LogP contribution in [0.4, 0.5) is 0 Å². The molecule has 3 unspecified atom stereocenters. The van der Waals surface area contributed by atoms with Crippen molar-refractivity contribution in [2.45, 2.75) is 50.6 Å². The molecular formula is C18H24N2O3. The average Bonchev–Trinajstić information content (AvgIpc) is 3.22. The maximum Gasteiger partial charge on any atom is 0.231 e. The van der Waals surface area contributed by atoms with Crippen LogP contribution in [0.2, 0.25) is 0 Å². The number of nitrogens with two attached hydrogens (primary N) is 1. The molecule has 0 bridgehead atoms. The summed E-state index contributed by atoms with van der Waals surface area (Å²) in [6.45, 7) is 1.13. The van der Waals surface area contributed by atoms with E-state index < -0.39 is 0 Å². The van der Waals surface area contributed by atoms with Crippen molar-refractivity contribution < 1.29 is 14.3 Å². The van der Waals surface area contributed by atoms with E-state index in [0.717, 1.165) is 62.1 Å². The maximum atomic E-state index is 13.0. The van der Waals surface area contributed by atoms with Crippen LogP contribution in [-0.2, 0) is 4.79 Å². The summed E-state index contributed by atoms with van der Waals surface area (Å²) in [5, 5.41) is 0. The van der Waals surface area contributed by atoms with Crippen LogP contribution >= 0.6 is 0 Å². The fourth-order valence-electron chi connectivity index (χ4n) is 4.18. The van der Waals surface area contributed by atoms with Gasteiger partial charge < -0.3 is 20.1 Å². The van der Waals surface area contributed by atoms with Crippen LogP contribution in [-0.4, -0.2) is 30.2 Å². The summed E-state index contributed by atoms with van der Waals surface area (Å²) in [4.78, 5) is 15.0. The number of amides is 1. The molecule has 5 heteroatoms. The Morgan fingerprint density at radius 3 is 2.87 bits per heavy atom. The number of rotatable bonds is 2. The standard InChI is InChI=1S/C18H24N2O3/c19-14-4-1-3-13(9-14)18(21)20-8-2-5-15(20)12-6-7-16-17(10-12)23-11-22-16/h6-7,10,13-15H,1-5,8-9,11,19H2. The lowest BCUT2D eigenvalue weighted by Crippen LogP contribution is -2.40. The topological polar surface area (TPSA) is 64.8 Å². The molecule has 1 aliphatic carbocycles. The predicted octanol–water partition coefficient (Wildman–Crippen LogP) is 2.60. The van der Waals surface area contributed by atoms with E-state index in [4.69, 9.17) is 15.2 Å². The Morgan fingerprint density at radius 2 is 2.00 bits per heavy atom. The van der Waals surface area contributed by atoms with E-state index in [1.165, 1.54) is 0 Å². The molecule has 1 saturated heterocycles. The molecule has 4 rings (SSSR count). The van der Waals surface area contributed by atoms with Gasteiger partial charge in [-0.25, -0.2) is 0 Å². The Kier molecular flexibility index (Phi) is 3.89. The number of ether oxygens (including phenoxy) is 2. The molecule has 0 radical (unpaired) electrons. The van der Waals surface area contributed by atoms with Crippen molar-refractivity contribution in [3.05, 3.63) is 23.8 Å². The molecule has 0 spiro atoms. The van der Waals surface area contributed by atoms with Crippen LogP contribution in [0.25, 0.3) is 0 Å². The van der Waals surface area contributed by atoms with E-state index >= 15 is 0 Å². The number of likely N-dealkylation sites (tertiary alicyclic amines) is 1. The first-order chi connectivity index (χ1) is 11.2. The molecule has 23 heavy (non-hydrogen) atoms. The number of carbonyl (C=O) groups excluding carboxylic acids is 1. The lowest BCUT2D eigenvalue weighted by Gasteiger charge is -2.32. The molecule has 1 aromatic rings. The van der Waals surface area contributed by atoms with E-state index in [2.05, 4.69) is 11.0 Å². The fraction of sp³-hybridized carbons (Fsp3) is 0.611. The number of nitrogens with zero attached hydrogens (tertiary/aromatic N) is 1. The third kappa shape index (κ3) is 2.78. The largest absolute Gasteiger partial charge is 0.454 e. The van der Waals surface area contributed by atoms with Crippen molar-refractivity contribution in [3.8, 4) is 11.5 Å². The van der Waals surface area contributed by atoms with Gasteiger partial charge in [0.05, 0.1) is 6.04 Å². The van der Waals surface area contributed by atoms with Gasteiger partial charge in [-0.2, -0.15) is 0 Å². The van der Waals surface area contributed by atoms with Crippen LogP contribution < -0.4 is 15.2 Å². The molecule has 1 aromatic carbocycles. The maximum absolute atomic E-state index is 13.0. The van der Waals surface area contributed by atoms with E-state index in [-0.39, 0.29) is 24.8 Å². The Bertz CT molecular complexity index is 604. The van der Waals surface area contributed by atoms with E-state index in [1.54, 1.807) is 0 Å². The second-order valence-electron chi connectivity index (χ2n) is 6.93. The Balaban J connectivity index is 1.53. The number of carbonyl (C=O) groups is 1. The van der Waals surface area contributed by atoms with Gasteiger partial charge in [-0.1, -0.05) is 12.5 Å². The minimum absolute atomic E-state index is 0.105. The average molecular weight is 316 g/mol. The van der Waals surface area contributed by atoms with Crippen molar-refractivity contribution in [3.63, 3.8) is 0 Å². The fourth-order valence-corrected chi connectivity index (χ4v) is 4.18. The monoisotopic (exact) mass is 316 g/mol. The molecule has 3 aliphatic rings. The summed E-state index contributed by atoms with van der Waals surface area (Å²) >= 11 is 0. The normalized spacial score (nSPS) is 29.8. The summed E-state index contributed by atoms with van der Waals surface area (Å²) in [5.74, 6) is 1.98. The molecule has 124 valence electrons. The van der Waals surface area contributed by atoms with Crippen molar-refractivity contribution in [2.24, 2.45) is 11.7 Å². The molecule has 0 aromatic heterocycles. The molecule has 2 fully saturated rings. The minimum Gasteiger partial charge on any atom is -0.454 e. The first-order valence-corrected chi connectivity index (χ1v) is 8.68. The van der Waals surface area contributed by atoms with Gasteiger partial charge in [-0.3, -0.25) is 4.79 Å². The number of fused-ring (bicyclic) bond motifs is 1. The molecule has 1 saturated carbocycles. The van der Waals surface area contributed by atoms with Crippen molar-refractivity contribution in [1.82, 2.24) is 4.90 Å². The lowest BCUT2D eigenvalue weighted by atomic mass is 9.85. The third-order valence-corrected chi connectivity index (χ3v) is 5.38. The summed E-state index contributed by atoms with van der Waals surface area (Å²) in [6.07, 6.45) is 6.02. The zero-order chi connectivity index (χ0) is 15.8. The van der Waals surface area contributed by atoms with Crippen molar-refractivity contribution >= 4 is 5.91 Å². The number of hydrogen-bond acceptors (Lipinski definition) is 4.